The van der Waals surface area contributed by atoms with E-state index in [9.17, 15) is 4.79 Å². The minimum atomic E-state index is -0.194. The Morgan fingerprint density at radius 2 is 2.00 bits per heavy atom. The van der Waals surface area contributed by atoms with Crippen LogP contribution in [0.25, 0.3) is 0 Å². The van der Waals surface area contributed by atoms with Crippen LogP contribution in [0.15, 0.2) is 36.8 Å². The Kier molecular flexibility index (Phi) is 3.84. The molecular weight excluding hydrogens is 302 g/mol. The molecule has 4 heterocycles. The van der Waals surface area contributed by atoms with E-state index < -0.39 is 0 Å². The van der Waals surface area contributed by atoms with Crippen molar-refractivity contribution in [2.45, 2.75) is 25.9 Å². The zero-order valence-electron chi connectivity index (χ0n) is 14.1. The Labute approximate surface area is 142 Å². The SMILES string of the molecule is Cn1ccnc1CN1CCC2(CCN(Cc3ccccn3)C2=O)C1. The summed E-state index contributed by atoms with van der Waals surface area (Å²) in [5.74, 6) is 1.36. The van der Waals surface area contributed by atoms with Crippen LogP contribution in [0.2, 0.25) is 0 Å². The molecule has 2 saturated heterocycles. The van der Waals surface area contributed by atoms with Crippen molar-refractivity contribution in [3.05, 3.63) is 48.3 Å². The molecule has 6 heteroatoms. The summed E-state index contributed by atoms with van der Waals surface area (Å²) in [4.78, 5) is 26.1. The topological polar surface area (TPSA) is 54.3 Å². The molecule has 1 amide bonds. The zero-order valence-corrected chi connectivity index (χ0v) is 14.1. The van der Waals surface area contributed by atoms with E-state index in [1.807, 2.05) is 42.5 Å². The zero-order chi connectivity index (χ0) is 16.6. The molecule has 2 aliphatic rings. The Balaban J connectivity index is 1.41. The van der Waals surface area contributed by atoms with Crippen molar-refractivity contribution in [1.82, 2.24) is 24.3 Å². The number of aryl methyl sites for hydroxylation is 1. The molecule has 126 valence electrons. The van der Waals surface area contributed by atoms with Gasteiger partial charge < -0.3 is 9.47 Å². The van der Waals surface area contributed by atoms with Crippen molar-refractivity contribution < 1.29 is 4.79 Å². The monoisotopic (exact) mass is 325 g/mol. The van der Waals surface area contributed by atoms with Crippen LogP contribution < -0.4 is 0 Å². The average molecular weight is 325 g/mol. The van der Waals surface area contributed by atoms with Gasteiger partial charge in [-0.25, -0.2) is 4.98 Å². The second-order valence-electron chi connectivity index (χ2n) is 6.99. The number of amides is 1. The predicted octanol–water partition coefficient (Wildman–Crippen LogP) is 1.44. The molecule has 1 unspecified atom stereocenters. The smallest absolute Gasteiger partial charge is 0.230 e. The van der Waals surface area contributed by atoms with Gasteiger partial charge in [0.2, 0.25) is 5.91 Å². The standard InChI is InChI=1S/C18H23N5O/c1-21-11-8-20-16(21)13-22-9-5-18(14-22)6-10-23(17(18)24)12-15-4-2-3-7-19-15/h2-4,7-8,11H,5-6,9-10,12-14H2,1H3. The average Bonchev–Trinajstić information content (AvgIpc) is 3.27. The summed E-state index contributed by atoms with van der Waals surface area (Å²) in [6.07, 6.45) is 7.49. The van der Waals surface area contributed by atoms with Crippen LogP contribution in [0, 0.1) is 5.41 Å². The Morgan fingerprint density at radius 3 is 2.75 bits per heavy atom. The summed E-state index contributed by atoms with van der Waals surface area (Å²) in [6, 6.07) is 5.87. The van der Waals surface area contributed by atoms with Gasteiger partial charge in [0.1, 0.15) is 5.82 Å². The van der Waals surface area contributed by atoms with Gasteiger partial charge in [0.25, 0.3) is 0 Å². The van der Waals surface area contributed by atoms with Gasteiger partial charge in [0.05, 0.1) is 24.2 Å². The maximum atomic E-state index is 13.0. The summed E-state index contributed by atoms with van der Waals surface area (Å²) >= 11 is 0. The van der Waals surface area contributed by atoms with E-state index in [0.29, 0.717) is 12.5 Å². The minimum absolute atomic E-state index is 0.194. The normalized spacial score (nSPS) is 24.4. The van der Waals surface area contributed by atoms with E-state index in [-0.39, 0.29) is 5.41 Å². The number of likely N-dealkylation sites (tertiary alicyclic amines) is 2. The van der Waals surface area contributed by atoms with Gasteiger partial charge in [-0.15, -0.1) is 0 Å². The van der Waals surface area contributed by atoms with E-state index in [1.54, 1.807) is 6.20 Å². The molecule has 0 aliphatic carbocycles. The van der Waals surface area contributed by atoms with Gasteiger partial charge in [-0.1, -0.05) is 6.07 Å². The maximum Gasteiger partial charge on any atom is 0.230 e. The number of hydrogen-bond acceptors (Lipinski definition) is 4. The number of pyridine rings is 1. The van der Waals surface area contributed by atoms with Crippen LogP contribution in [0.5, 0.6) is 0 Å². The molecule has 24 heavy (non-hydrogen) atoms. The third-order valence-corrected chi connectivity index (χ3v) is 5.40. The van der Waals surface area contributed by atoms with Gasteiger partial charge >= 0.3 is 0 Å². The first-order chi connectivity index (χ1) is 11.7. The van der Waals surface area contributed by atoms with Crippen molar-refractivity contribution in [1.29, 1.82) is 0 Å². The van der Waals surface area contributed by atoms with E-state index in [2.05, 4.69) is 19.4 Å². The van der Waals surface area contributed by atoms with Crippen LogP contribution in [-0.4, -0.2) is 49.9 Å². The number of nitrogens with zero attached hydrogens (tertiary/aromatic N) is 5. The van der Waals surface area contributed by atoms with E-state index in [0.717, 1.165) is 50.5 Å². The lowest BCUT2D eigenvalue weighted by Gasteiger charge is -2.23. The molecule has 2 aromatic heterocycles. The van der Waals surface area contributed by atoms with Gasteiger partial charge in [0, 0.05) is 38.7 Å². The summed E-state index contributed by atoms with van der Waals surface area (Å²) < 4.78 is 2.05. The third-order valence-electron chi connectivity index (χ3n) is 5.40. The summed E-state index contributed by atoms with van der Waals surface area (Å²) in [5.41, 5.74) is 0.769. The van der Waals surface area contributed by atoms with Crippen molar-refractivity contribution >= 4 is 5.91 Å². The van der Waals surface area contributed by atoms with E-state index in [4.69, 9.17) is 0 Å². The van der Waals surface area contributed by atoms with Crippen molar-refractivity contribution in [2.75, 3.05) is 19.6 Å². The second kappa shape index (κ2) is 6.02. The first-order valence-electron chi connectivity index (χ1n) is 8.54. The molecule has 0 radical (unpaired) electrons. The maximum absolute atomic E-state index is 13.0. The molecule has 0 saturated carbocycles. The highest BCUT2D eigenvalue weighted by molar-refractivity contribution is 5.85. The Morgan fingerprint density at radius 1 is 1.12 bits per heavy atom. The van der Waals surface area contributed by atoms with Crippen LogP contribution in [-0.2, 0) is 24.9 Å². The van der Waals surface area contributed by atoms with Gasteiger partial charge in [0.15, 0.2) is 0 Å². The molecule has 0 bridgehead atoms. The van der Waals surface area contributed by atoms with Gasteiger partial charge in [-0.05, 0) is 31.5 Å². The van der Waals surface area contributed by atoms with Gasteiger partial charge in [-0.2, -0.15) is 0 Å². The first kappa shape index (κ1) is 15.3. The lowest BCUT2D eigenvalue weighted by atomic mass is 9.85. The minimum Gasteiger partial charge on any atom is -0.337 e. The fourth-order valence-electron chi connectivity index (χ4n) is 3.95. The highest BCUT2D eigenvalue weighted by Gasteiger charge is 2.50. The largest absolute Gasteiger partial charge is 0.337 e. The molecule has 1 spiro atoms. The number of hydrogen-bond donors (Lipinski definition) is 0. The van der Waals surface area contributed by atoms with Crippen LogP contribution in [0.3, 0.4) is 0 Å². The fourth-order valence-corrected chi connectivity index (χ4v) is 3.95. The molecule has 1 atom stereocenters. The highest BCUT2D eigenvalue weighted by atomic mass is 16.2. The molecule has 2 fully saturated rings. The predicted molar refractivity (Wildman–Crippen MR) is 89.8 cm³/mol. The van der Waals surface area contributed by atoms with Gasteiger partial charge in [-0.3, -0.25) is 14.7 Å². The lowest BCUT2D eigenvalue weighted by Crippen LogP contribution is -2.36. The van der Waals surface area contributed by atoms with Crippen molar-refractivity contribution in [3.63, 3.8) is 0 Å². The number of carbonyl (C=O) groups excluding carboxylic acids is 1. The molecular formula is C18H23N5O. The van der Waals surface area contributed by atoms with E-state index >= 15 is 0 Å². The lowest BCUT2D eigenvalue weighted by molar-refractivity contribution is -0.136. The van der Waals surface area contributed by atoms with Crippen molar-refractivity contribution in [2.24, 2.45) is 12.5 Å². The Bertz CT molecular complexity index is 728. The number of carbonyl (C=O) groups is 1. The molecule has 2 aromatic rings. The summed E-state index contributed by atoms with van der Waals surface area (Å²) in [6.45, 7) is 4.10. The number of aromatic nitrogens is 3. The molecule has 0 aromatic carbocycles. The van der Waals surface area contributed by atoms with Crippen LogP contribution in [0.1, 0.15) is 24.4 Å². The Hall–Kier alpha value is -2.21. The number of imidazole rings is 1. The first-order valence-corrected chi connectivity index (χ1v) is 8.54. The van der Waals surface area contributed by atoms with Crippen LogP contribution in [0.4, 0.5) is 0 Å². The van der Waals surface area contributed by atoms with Crippen molar-refractivity contribution in [3.8, 4) is 0 Å². The molecule has 4 rings (SSSR count). The number of rotatable bonds is 4. The van der Waals surface area contributed by atoms with Crippen LogP contribution >= 0.6 is 0 Å². The van der Waals surface area contributed by atoms with E-state index in [1.165, 1.54) is 0 Å². The summed E-state index contributed by atoms with van der Waals surface area (Å²) in [5, 5.41) is 0. The molecule has 2 aliphatic heterocycles. The molecule has 0 N–H and O–H groups in total. The third kappa shape index (κ3) is 2.71. The highest BCUT2D eigenvalue weighted by Crippen LogP contribution is 2.41. The molecule has 6 nitrogen and oxygen atoms in total. The second-order valence-corrected chi connectivity index (χ2v) is 6.99. The quantitative estimate of drug-likeness (QED) is 0.853. The fraction of sp³-hybridized carbons (Fsp3) is 0.500. The summed E-state index contributed by atoms with van der Waals surface area (Å²) in [7, 11) is 2.02.